The zero-order valence-electron chi connectivity index (χ0n) is 22.7. The summed E-state index contributed by atoms with van der Waals surface area (Å²) in [6.45, 7) is 6.21. The molecular weight excluding hydrogens is 500 g/mol. The van der Waals surface area contributed by atoms with Crippen molar-refractivity contribution in [3.8, 4) is 11.5 Å². The Morgan fingerprint density at radius 2 is 1.95 bits per heavy atom. The molecule has 3 aliphatic heterocycles. The maximum atomic E-state index is 13.6. The molecule has 10 heteroatoms. The minimum atomic E-state index is -1.32. The van der Waals surface area contributed by atoms with E-state index in [0.29, 0.717) is 47.8 Å². The van der Waals surface area contributed by atoms with E-state index in [2.05, 4.69) is 10.6 Å². The third-order valence-electron chi connectivity index (χ3n) is 8.05. The third kappa shape index (κ3) is 4.94. The van der Waals surface area contributed by atoms with Gasteiger partial charge in [-0.3, -0.25) is 19.9 Å². The summed E-state index contributed by atoms with van der Waals surface area (Å²) in [5.74, 6) is 0.400. The first kappa shape index (κ1) is 27.0. The van der Waals surface area contributed by atoms with E-state index < -0.39 is 23.2 Å². The molecule has 0 saturated carbocycles. The molecule has 0 bridgehead atoms. The van der Waals surface area contributed by atoms with Gasteiger partial charge in [0, 0.05) is 35.3 Å². The van der Waals surface area contributed by atoms with Crippen LogP contribution in [0.15, 0.2) is 42.5 Å². The zero-order chi connectivity index (χ0) is 27.9. The van der Waals surface area contributed by atoms with E-state index in [1.807, 2.05) is 38.1 Å². The number of para-hydroxylation sites is 1. The molecule has 3 aliphatic rings. The van der Waals surface area contributed by atoms with Crippen LogP contribution < -0.4 is 20.1 Å². The second-order valence-corrected chi connectivity index (χ2v) is 11.1. The molecule has 208 valence electrons. The molecular formula is C29H36N4O6. The molecule has 10 nitrogen and oxygen atoms in total. The summed E-state index contributed by atoms with van der Waals surface area (Å²) in [5.41, 5.74) is -0.134. The number of carbonyl (C=O) groups excluding carboxylic acids is 2. The highest BCUT2D eigenvalue weighted by Gasteiger charge is 2.46. The highest BCUT2D eigenvalue weighted by molar-refractivity contribution is 6.00. The summed E-state index contributed by atoms with van der Waals surface area (Å²) in [6.07, 6.45) is 0.945. The molecule has 0 aliphatic carbocycles. The van der Waals surface area contributed by atoms with Gasteiger partial charge in [-0.15, -0.1) is 0 Å². The average molecular weight is 537 g/mol. The van der Waals surface area contributed by atoms with Crippen molar-refractivity contribution in [1.82, 2.24) is 15.5 Å². The molecule has 0 radical (unpaired) electrons. The maximum absolute atomic E-state index is 13.6. The van der Waals surface area contributed by atoms with Crippen molar-refractivity contribution in [1.29, 1.82) is 5.41 Å². The van der Waals surface area contributed by atoms with Crippen LogP contribution in [0.4, 0.5) is 0 Å². The molecule has 3 heterocycles. The lowest BCUT2D eigenvalue weighted by Gasteiger charge is -2.46. The molecule has 39 heavy (non-hydrogen) atoms. The second-order valence-electron chi connectivity index (χ2n) is 11.1. The number of ether oxygens (including phenoxy) is 3. The molecule has 2 aromatic carbocycles. The average Bonchev–Trinajstić information content (AvgIpc) is 2.90. The summed E-state index contributed by atoms with van der Waals surface area (Å²) in [6, 6.07) is 11.2. The molecule has 0 aromatic heterocycles. The Hall–Kier alpha value is -3.63. The summed E-state index contributed by atoms with van der Waals surface area (Å²) >= 11 is 0. The Labute approximate surface area is 228 Å². The van der Waals surface area contributed by atoms with Gasteiger partial charge in [-0.05, 0) is 44.5 Å². The van der Waals surface area contributed by atoms with Crippen LogP contribution in [0.5, 0.6) is 11.5 Å². The Morgan fingerprint density at radius 1 is 1.21 bits per heavy atom. The lowest BCUT2D eigenvalue weighted by molar-refractivity contribution is -0.134. The van der Waals surface area contributed by atoms with Gasteiger partial charge in [0.25, 0.3) is 5.91 Å². The number of hydrogen-bond donors (Lipinski definition) is 4. The zero-order valence-corrected chi connectivity index (χ0v) is 22.7. The molecule has 0 unspecified atom stereocenters. The minimum Gasteiger partial charge on any atom is -0.493 e. The summed E-state index contributed by atoms with van der Waals surface area (Å²) in [7, 11) is 1.59. The number of fused-ring (bicyclic) bond motifs is 2. The molecule has 0 spiro atoms. The number of nitrogens with one attached hydrogen (secondary N) is 3. The van der Waals surface area contributed by atoms with Gasteiger partial charge in [0.05, 0.1) is 31.7 Å². The van der Waals surface area contributed by atoms with E-state index in [1.54, 1.807) is 32.2 Å². The predicted molar refractivity (Wildman–Crippen MR) is 144 cm³/mol. The highest BCUT2D eigenvalue weighted by atomic mass is 16.5. The number of benzene rings is 2. The van der Waals surface area contributed by atoms with Gasteiger partial charge in [0.2, 0.25) is 5.91 Å². The number of rotatable bonds is 6. The lowest BCUT2D eigenvalue weighted by atomic mass is 9.85. The van der Waals surface area contributed by atoms with Crippen molar-refractivity contribution < 1.29 is 28.9 Å². The van der Waals surface area contributed by atoms with Crippen molar-refractivity contribution in [3.63, 3.8) is 0 Å². The van der Waals surface area contributed by atoms with Crippen LogP contribution in [-0.2, 0) is 9.53 Å². The number of guanidine groups is 1. The molecule has 1 fully saturated rings. The maximum Gasteiger partial charge on any atom is 0.251 e. The lowest BCUT2D eigenvalue weighted by Crippen LogP contribution is -2.62. The van der Waals surface area contributed by atoms with Gasteiger partial charge in [0.1, 0.15) is 23.7 Å². The third-order valence-corrected chi connectivity index (χ3v) is 8.05. The fourth-order valence-electron chi connectivity index (χ4n) is 5.68. The van der Waals surface area contributed by atoms with Crippen LogP contribution in [-0.4, -0.2) is 65.9 Å². The smallest absolute Gasteiger partial charge is 0.251 e. The standard InChI is InChI=1S/C29H36N4O6/c1-5-28(2)13-23(34)33(27(30)32-28)24-18(14-37-4)15-38-22-11-10-17(12-20(22)24)26(35)31-25-19-8-6-7-9-21(19)39-16-29(25,3)36/h6-12,18,24-25,36H,5,13-16H2,1-4H3,(H2,30,32)(H,31,35)/t18-,24+,25-,28+,29+/m0/s1. The number of amides is 2. The molecule has 4 N–H and O–H groups in total. The fourth-order valence-corrected chi connectivity index (χ4v) is 5.68. The van der Waals surface area contributed by atoms with Crippen molar-refractivity contribution >= 4 is 17.8 Å². The van der Waals surface area contributed by atoms with Crippen LogP contribution in [0.3, 0.4) is 0 Å². The van der Waals surface area contributed by atoms with Crippen LogP contribution in [0.1, 0.15) is 67.2 Å². The number of aliphatic hydroxyl groups is 1. The molecule has 1 saturated heterocycles. The summed E-state index contributed by atoms with van der Waals surface area (Å²) < 4.78 is 17.2. The quantitative estimate of drug-likeness (QED) is 0.446. The van der Waals surface area contributed by atoms with Crippen molar-refractivity contribution in [2.45, 2.75) is 56.8 Å². The number of carbonyl (C=O) groups is 2. The van der Waals surface area contributed by atoms with Crippen LogP contribution in [0.25, 0.3) is 0 Å². The van der Waals surface area contributed by atoms with Gasteiger partial charge in [-0.2, -0.15) is 0 Å². The first-order valence-electron chi connectivity index (χ1n) is 13.3. The van der Waals surface area contributed by atoms with E-state index in [1.165, 1.54) is 4.90 Å². The number of nitrogens with zero attached hydrogens (tertiary/aromatic N) is 1. The van der Waals surface area contributed by atoms with E-state index >= 15 is 0 Å². The minimum absolute atomic E-state index is 0.0271. The van der Waals surface area contributed by atoms with Crippen molar-refractivity contribution in [3.05, 3.63) is 59.2 Å². The van der Waals surface area contributed by atoms with E-state index in [0.717, 1.165) is 0 Å². The van der Waals surface area contributed by atoms with Gasteiger partial charge in [0.15, 0.2) is 5.96 Å². The SMILES string of the molecule is CC[C@]1(C)CC(=O)N([C@H]2c3cc(C(=O)N[C@H]4c5ccccc5OC[C@@]4(C)O)ccc3OC[C@@H]2COC)C(=N)N1. The topological polar surface area (TPSA) is 133 Å². The Balaban J connectivity index is 1.49. The van der Waals surface area contributed by atoms with Gasteiger partial charge in [-0.1, -0.05) is 25.1 Å². The first-order valence-corrected chi connectivity index (χ1v) is 13.3. The van der Waals surface area contributed by atoms with Crippen LogP contribution >= 0.6 is 0 Å². The fraction of sp³-hybridized carbons (Fsp3) is 0.483. The normalized spacial score (nSPS) is 29.9. The van der Waals surface area contributed by atoms with E-state index in [4.69, 9.17) is 19.6 Å². The number of methoxy groups -OCH3 is 1. The highest BCUT2D eigenvalue weighted by Crippen LogP contribution is 2.42. The summed E-state index contributed by atoms with van der Waals surface area (Å²) in [5, 5.41) is 26.0. The van der Waals surface area contributed by atoms with Crippen molar-refractivity contribution in [2.24, 2.45) is 5.92 Å². The first-order chi connectivity index (χ1) is 18.6. The van der Waals surface area contributed by atoms with Gasteiger partial charge < -0.3 is 30.0 Å². The molecule has 5 atom stereocenters. The van der Waals surface area contributed by atoms with Crippen molar-refractivity contribution in [2.75, 3.05) is 26.9 Å². The van der Waals surface area contributed by atoms with E-state index in [9.17, 15) is 14.7 Å². The monoisotopic (exact) mass is 536 g/mol. The Kier molecular flexibility index (Phi) is 7.02. The number of hydrogen-bond acceptors (Lipinski definition) is 7. The van der Waals surface area contributed by atoms with Gasteiger partial charge in [-0.25, -0.2) is 0 Å². The molecule has 5 rings (SSSR count). The predicted octanol–water partition coefficient (Wildman–Crippen LogP) is 2.92. The van der Waals surface area contributed by atoms with E-state index in [-0.39, 0.29) is 36.7 Å². The molecule has 2 aromatic rings. The second kappa shape index (κ2) is 10.2. The van der Waals surface area contributed by atoms with Crippen LogP contribution in [0, 0.1) is 11.3 Å². The van der Waals surface area contributed by atoms with Crippen LogP contribution in [0.2, 0.25) is 0 Å². The molecule has 2 amide bonds. The summed E-state index contributed by atoms with van der Waals surface area (Å²) in [4.78, 5) is 28.5. The Bertz CT molecular complexity index is 1280. The largest absolute Gasteiger partial charge is 0.493 e. The van der Waals surface area contributed by atoms with Gasteiger partial charge >= 0.3 is 0 Å². The Morgan fingerprint density at radius 3 is 2.67 bits per heavy atom.